The van der Waals surface area contributed by atoms with Crippen molar-refractivity contribution in [2.45, 2.75) is 51.1 Å². The highest BCUT2D eigenvalue weighted by atomic mass is 35.5. The molecule has 0 saturated heterocycles. The maximum Gasteiger partial charge on any atom is 0.215 e. The average Bonchev–Trinajstić information content (AvgIpc) is 3.36. The van der Waals surface area contributed by atoms with E-state index in [-0.39, 0.29) is 17.9 Å². The number of nitrogens with one attached hydrogen (secondary N) is 1. The van der Waals surface area contributed by atoms with Gasteiger partial charge in [0.25, 0.3) is 0 Å². The van der Waals surface area contributed by atoms with Gasteiger partial charge in [0.1, 0.15) is 17.5 Å². The number of pyridine rings is 1. The summed E-state index contributed by atoms with van der Waals surface area (Å²) in [5, 5.41) is 3.56. The van der Waals surface area contributed by atoms with Crippen molar-refractivity contribution in [2.75, 3.05) is 32.1 Å². The van der Waals surface area contributed by atoms with Gasteiger partial charge in [0, 0.05) is 31.8 Å². The highest BCUT2D eigenvalue weighted by Gasteiger charge is 2.33. The Hall–Kier alpha value is -3.29. The Morgan fingerprint density at radius 3 is 2.79 bits per heavy atom. The molecule has 1 heterocycles. The number of benzene rings is 1. The first-order valence-corrected chi connectivity index (χ1v) is 13.9. The first-order chi connectivity index (χ1) is 18.9. The summed E-state index contributed by atoms with van der Waals surface area (Å²) in [6, 6.07) is 9.84. The van der Waals surface area contributed by atoms with Crippen LogP contribution in [-0.2, 0) is 11.2 Å². The topological polar surface area (TPSA) is 60.8 Å². The molecular weight excluding hydrogens is 513 g/mol. The lowest BCUT2D eigenvalue weighted by Gasteiger charge is -2.34. The minimum absolute atomic E-state index is 0.0817. The molecule has 1 amide bonds. The number of hydrogen-bond acceptors (Lipinski definition) is 4. The monoisotopic (exact) mass is 549 g/mol. The maximum atomic E-state index is 15.0. The van der Waals surface area contributed by atoms with E-state index in [1.54, 1.807) is 24.1 Å². The quantitative estimate of drug-likeness (QED) is 0.155. The first kappa shape index (κ1) is 28.7. The lowest BCUT2D eigenvalue weighted by Crippen LogP contribution is -2.45. The number of aliphatic imine (C=N–C) groups is 1. The number of halogens is 2. The predicted octanol–water partition coefficient (Wildman–Crippen LogP) is 6.28. The summed E-state index contributed by atoms with van der Waals surface area (Å²) in [5.74, 6) is 0.742. The molecule has 1 aromatic heterocycles. The van der Waals surface area contributed by atoms with Crippen molar-refractivity contribution in [1.82, 2.24) is 15.2 Å². The molecule has 0 saturated carbocycles. The maximum absolute atomic E-state index is 15.0. The number of likely N-dealkylation sites (N-methyl/N-ethyl adjacent to an activating group) is 1. The van der Waals surface area contributed by atoms with Crippen LogP contribution in [0.4, 0.5) is 10.2 Å². The zero-order valence-corrected chi connectivity index (χ0v) is 23.7. The molecule has 8 heteroatoms. The normalized spacial score (nSPS) is 17.7. The predicted molar refractivity (Wildman–Crippen MR) is 159 cm³/mol. The molecule has 4 rings (SSSR count). The number of amidine groups is 1. The van der Waals surface area contributed by atoms with Crippen molar-refractivity contribution in [3.05, 3.63) is 88.4 Å². The fourth-order valence-corrected chi connectivity index (χ4v) is 5.81. The fourth-order valence-electron chi connectivity index (χ4n) is 5.55. The average molecular weight is 550 g/mol. The Labute approximate surface area is 236 Å². The van der Waals surface area contributed by atoms with Crippen LogP contribution >= 0.6 is 11.6 Å². The molecule has 0 bridgehead atoms. The molecule has 2 aliphatic rings. The molecule has 0 radical (unpaired) electrons. The van der Waals surface area contributed by atoms with Gasteiger partial charge in [-0.15, -0.1) is 6.58 Å². The van der Waals surface area contributed by atoms with Crippen LogP contribution in [0.1, 0.15) is 61.0 Å². The number of amides is 1. The zero-order chi connectivity index (χ0) is 27.9. The number of carbonyl (C=O) groups excluding carboxylic acids is 1. The lowest BCUT2D eigenvalue weighted by atomic mass is 10.0. The summed E-state index contributed by atoms with van der Waals surface area (Å²) in [5.41, 5.74) is 3.64. The first-order valence-electron chi connectivity index (χ1n) is 13.5. The molecule has 2 atom stereocenters. The summed E-state index contributed by atoms with van der Waals surface area (Å²) in [6.07, 6.45) is 9.79. The van der Waals surface area contributed by atoms with E-state index < -0.39 is 0 Å². The third-order valence-corrected chi connectivity index (χ3v) is 7.72. The molecule has 6 nitrogen and oxygen atoms in total. The number of carbonyl (C=O) groups is 1. The highest BCUT2D eigenvalue weighted by molar-refractivity contribution is 6.33. The van der Waals surface area contributed by atoms with E-state index in [1.165, 1.54) is 5.56 Å². The van der Waals surface area contributed by atoms with Crippen LogP contribution in [0.25, 0.3) is 5.57 Å². The molecule has 206 valence electrons. The van der Waals surface area contributed by atoms with Crippen molar-refractivity contribution >= 4 is 35.2 Å². The minimum atomic E-state index is -0.349. The SMILES string of the molecule is C=CCCN(/C(=N/C)c1cc(Cl)c(C2=CCCC=C2F)nc1N(C=O)C1CCc2ccccc21)C(C)CNC. The molecule has 0 aliphatic heterocycles. The molecule has 2 unspecified atom stereocenters. The van der Waals surface area contributed by atoms with E-state index in [0.717, 1.165) is 37.8 Å². The molecule has 1 aromatic carbocycles. The van der Waals surface area contributed by atoms with Crippen molar-refractivity contribution in [3.63, 3.8) is 0 Å². The number of allylic oxidation sites excluding steroid dienone is 4. The van der Waals surface area contributed by atoms with Crippen LogP contribution in [0.3, 0.4) is 0 Å². The van der Waals surface area contributed by atoms with Gasteiger partial charge in [-0.05, 0) is 69.3 Å². The van der Waals surface area contributed by atoms with Crippen LogP contribution in [0, 0.1) is 0 Å². The third kappa shape index (κ3) is 5.99. The van der Waals surface area contributed by atoms with E-state index in [4.69, 9.17) is 21.6 Å². The Kier molecular flexibility index (Phi) is 9.70. The number of hydrogen-bond donors (Lipinski definition) is 1. The van der Waals surface area contributed by atoms with Crippen LogP contribution < -0.4 is 10.2 Å². The zero-order valence-electron chi connectivity index (χ0n) is 23.0. The standard InChI is InChI=1S/C31H37ClFN5O/c1-5-6-17-37(21(2)19-34-3)30(35-4)25-18-26(32)29(24-13-9-10-14-27(24)33)36-31(25)38(20-39)28-16-15-22-11-7-8-12-23(22)28/h5,7-8,11-14,18,20-21,28,34H,1,6,9-10,15-17,19H2,2-4H3/b35-30+. The van der Waals surface area contributed by atoms with Gasteiger partial charge in [-0.25, -0.2) is 9.37 Å². The van der Waals surface area contributed by atoms with Gasteiger partial charge in [-0.1, -0.05) is 48.0 Å². The van der Waals surface area contributed by atoms with Gasteiger partial charge < -0.3 is 10.2 Å². The van der Waals surface area contributed by atoms with E-state index >= 15 is 0 Å². The van der Waals surface area contributed by atoms with Crippen molar-refractivity contribution in [1.29, 1.82) is 0 Å². The second-order valence-electron chi connectivity index (χ2n) is 9.93. The molecule has 2 aromatic rings. The van der Waals surface area contributed by atoms with Crippen LogP contribution in [0.2, 0.25) is 5.02 Å². The number of nitrogens with zero attached hydrogens (tertiary/aromatic N) is 4. The van der Waals surface area contributed by atoms with E-state index in [1.807, 2.05) is 31.3 Å². The van der Waals surface area contributed by atoms with Crippen LogP contribution in [0.5, 0.6) is 0 Å². The van der Waals surface area contributed by atoms with E-state index in [0.29, 0.717) is 52.9 Å². The van der Waals surface area contributed by atoms with E-state index in [9.17, 15) is 9.18 Å². The molecule has 0 spiro atoms. The largest absolute Gasteiger partial charge is 0.352 e. The summed E-state index contributed by atoms with van der Waals surface area (Å²) >= 11 is 6.83. The minimum Gasteiger partial charge on any atom is -0.352 e. The van der Waals surface area contributed by atoms with Gasteiger partial charge in [0.2, 0.25) is 6.41 Å². The third-order valence-electron chi connectivity index (χ3n) is 7.43. The van der Waals surface area contributed by atoms with Crippen molar-refractivity contribution < 1.29 is 9.18 Å². The number of anilines is 1. The number of aromatic nitrogens is 1. The highest BCUT2D eigenvalue weighted by Crippen LogP contribution is 2.41. The number of aryl methyl sites for hydroxylation is 1. The molecule has 2 aliphatic carbocycles. The Bertz CT molecular complexity index is 1300. The lowest BCUT2D eigenvalue weighted by molar-refractivity contribution is -0.108. The smallest absolute Gasteiger partial charge is 0.215 e. The van der Waals surface area contributed by atoms with Gasteiger partial charge >= 0.3 is 0 Å². The van der Waals surface area contributed by atoms with Gasteiger partial charge in [-0.2, -0.15) is 0 Å². The van der Waals surface area contributed by atoms with Gasteiger partial charge in [0.05, 0.1) is 22.3 Å². The van der Waals surface area contributed by atoms with Crippen molar-refractivity contribution in [3.8, 4) is 0 Å². The molecular formula is C31H37ClFN5O. The fraction of sp³-hybridized carbons (Fsp3) is 0.387. The summed E-state index contributed by atoms with van der Waals surface area (Å²) < 4.78 is 15.0. The van der Waals surface area contributed by atoms with Gasteiger partial charge in [0.15, 0.2) is 0 Å². The number of fused-ring (bicyclic) bond motifs is 1. The summed E-state index contributed by atoms with van der Waals surface area (Å²) in [6.45, 7) is 7.41. The number of rotatable bonds is 11. The molecule has 0 fully saturated rings. The molecule has 39 heavy (non-hydrogen) atoms. The Balaban J connectivity index is 1.92. The van der Waals surface area contributed by atoms with Crippen molar-refractivity contribution in [2.24, 2.45) is 4.99 Å². The summed E-state index contributed by atoms with van der Waals surface area (Å²) in [7, 11) is 3.64. The van der Waals surface area contributed by atoms with Gasteiger partial charge in [-0.3, -0.25) is 14.7 Å². The molecule has 1 N–H and O–H groups in total. The van der Waals surface area contributed by atoms with Crippen LogP contribution in [0.15, 0.2) is 66.0 Å². The Morgan fingerprint density at radius 1 is 1.33 bits per heavy atom. The van der Waals surface area contributed by atoms with E-state index in [2.05, 4.69) is 35.9 Å². The summed E-state index contributed by atoms with van der Waals surface area (Å²) in [4.78, 5) is 26.4. The second-order valence-corrected chi connectivity index (χ2v) is 10.3. The van der Waals surface area contributed by atoms with Crippen LogP contribution in [-0.4, -0.2) is 55.4 Å². The second kappa shape index (κ2) is 13.2. The Morgan fingerprint density at radius 2 is 2.10 bits per heavy atom.